The fraction of sp³-hybridized carbons (Fsp3) is 0. The van der Waals surface area contributed by atoms with Gasteiger partial charge in [-0.05, 0) is 0 Å². The van der Waals surface area contributed by atoms with Gasteiger partial charge >= 0.3 is 5.69 Å². The van der Waals surface area contributed by atoms with Gasteiger partial charge in [0.2, 0.25) is 5.82 Å². The molecule has 0 atom stereocenters. The molecule has 4 nitrogen and oxygen atoms in total. The van der Waals surface area contributed by atoms with Gasteiger partial charge in [0.05, 0.1) is 11.0 Å². The quantitative estimate of drug-likeness (QED) is 0.520. The maximum atomic E-state index is 12.6. The summed E-state index contributed by atoms with van der Waals surface area (Å²) in [6.45, 7) is 0. The Kier molecular flexibility index (Phi) is 1.90. The molecule has 1 N–H and O–H groups in total. The number of hydrogen-bond donors (Lipinski definition) is 1. The molecule has 1 aromatic rings. The lowest BCUT2D eigenvalue weighted by Gasteiger charge is -1.96. The molecule has 0 aromatic heterocycles. The molecule has 12 heavy (non-hydrogen) atoms. The third-order valence-electron chi connectivity index (χ3n) is 1.20. The van der Waals surface area contributed by atoms with E-state index in [0.29, 0.717) is 12.1 Å². The SMILES string of the molecule is O=[N+]([O-])c1cc(F)cc(O)c1F. The van der Waals surface area contributed by atoms with Crippen molar-refractivity contribution in [1.29, 1.82) is 0 Å². The molecule has 0 heterocycles. The summed E-state index contributed by atoms with van der Waals surface area (Å²) in [6.07, 6.45) is 0. The Labute approximate surface area is 65.2 Å². The van der Waals surface area contributed by atoms with Gasteiger partial charge in [0.1, 0.15) is 5.82 Å². The maximum absolute atomic E-state index is 12.6. The van der Waals surface area contributed by atoms with Crippen molar-refractivity contribution in [2.24, 2.45) is 0 Å². The molecule has 0 aliphatic heterocycles. The molecule has 0 fully saturated rings. The minimum atomic E-state index is -1.43. The Hall–Kier alpha value is -1.72. The van der Waals surface area contributed by atoms with E-state index < -0.39 is 28.0 Å². The standard InChI is InChI=1S/C6H3F2NO3/c7-3-1-4(9(11)12)6(8)5(10)2-3/h1-2,10H. The molecule has 0 radical (unpaired) electrons. The van der Waals surface area contributed by atoms with Crippen molar-refractivity contribution in [3.8, 4) is 5.75 Å². The summed E-state index contributed by atoms with van der Waals surface area (Å²) in [5.41, 5.74) is -1.08. The van der Waals surface area contributed by atoms with Crippen molar-refractivity contribution in [2.75, 3.05) is 0 Å². The van der Waals surface area contributed by atoms with Gasteiger partial charge in [-0.2, -0.15) is 4.39 Å². The van der Waals surface area contributed by atoms with Crippen molar-refractivity contribution in [3.63, 3.8) is 0 Å². The summed E-state index contributed by atoms with van der Waals surface area (Å²) < 4.78 is 24.9. The highest BCUT2D eigenvalue weighted by Gasteiger charge is 2.19. The first kappa shape index (κ1) is 8.38. The van der Waals surface area contributed by atoms with E-state index in [2.05, 4.69) is 0 Å². The lowest BCUT2D eigenvalue weighted by molar-refractivity contribution is -0.387. The molecule has 0 aliphatic carbocycles. The van der Waals surface area contributed by atoms with E-state index in [9.17, 15) is 18.9 Å². The fourth-order valence-electron chi connectivity index (χ4n) is 0.694. The average Bonchev–Trinajstić information content (AvgIpc) is 1.96. The summed E-state index contributed by atoms with van der Waals surface area (Å²) in [4.78, 5) is 8.90. The molecule has 6 heteroatoms. The average molecular weight is 175 g/mol. The van der Waals surface area contributed by atoms with Crippen LogP contribution in [-0.4, -0.2) is 10.0 Å². The Morgan fingerprint density at radius 3 is 2.50 bits per heavy atom. The van der Waals surface area contributed by atoms with Crippen LogP contribution >= 0.6 is 0 Å². The summed E-state index contributed by atoms with van der Waals surface area (Å²) in [5, 5.41) is 18.6. The van der Waals surface area contributed by atoms with Crippen molar-refractivity contribution in [2.45, 2.75) is 0 Å². The first-order valence-electron chi connectivity index (χ1n) is 2.85. The van der Waals surface area contributed by atoms with E-state index in [0.717, 1.165) is 0 Å². The number of halogens is 2. The van der Waals surface area contributed by atoms with Gasteiger partial charge in [0.25, 0.3) is 0 Å². The molecule has 1 aromatic carbocycles. The van der Waals surface area contributed by atoms with Crippen LogP contribution in [0.3, 0.4) is 0 Å². The first-order chi connectivity index (χ1) is 5.52. The van der Waals surface area contributed by atoms with Crippen LogP contribution in [0, 0.1) is 21.7 Å². The molecular formula is C6H3F2NO3. The number of nitro benzene ring substituents is 1. The van der Waals surface area contributed by atoms with Crippen LogP contribution in [0.15, 0.2) is 12.1 Å². The molecule has 0 amide bonds. The smallest absolute Gasteiger partial charge is 0.311 e. The number of nitro groups is 1. The number of rotatable bonds is 1. The van der Waals surface area contributed by atoms with Gasteiger partial charge in [-0.1, -0.05) is 0 Å². The van der Waals surface area contributed by atoms with E-state index in [4.69, 9.17) is 5.11 Å². The van der Waals surface area contributed by atoms with Crippen molar-refractivity contribution >= 4 is 5.69 Å². The number of aromatic hydroxyl groups is 1. The molecule has 1 rings (SSSR count). The van der Waals surface area contributed by atoms with Gasteiger partial charge in [0.15, 0.2) is 5.75 Å². The molecule has 0 bridgehead atoms. The topological polar surface area (TPSA) is 63.4 Å². The van der Waals surface area contributed by atoms with E-state index in [1.165, 1.54) is 0 Å². The van der Waals surface area contributed by atoms with Gasteiger partial charge in [-0.25, -0.2) is 4.39 Å². The summed E-state index contributed by atoms with van der Waals surface area (Å²) >= 11 is 0. The van der Waals surface area contributed by atoms with Crippen molar-refractivity contribution in [3.05, 3.63) is 33.9 Å². The number of phenolic OH excluding ortho intramolecular Hbond substituents is 1. The molecule has 0 spiro atoms. The number of nitrogens with zero attached hydrogens (tertiary/aromatic N) is 1. The predicted octanol–water partition coefficient (Wildman–Crippen LogP) is 1.58. The van der Waals surface area contributed by atoms with E-state index in [1.807, 2.05) is 0 Å². The largest absolute Gasteiger partial charge is 0.505 e. The van der Waals surface area contributed by atoms with Gasteiger partial charge in [0, 0.05) is 6.07 Å². The van der Waals surface area contributed by atoms with Crippen LogP contribution in [0.4, 0.5) is 14.5 Å². The Morgan fingerprint density at radius 2 is 2.00 bits per heavy atom. The highest BCUT2D eigenvalue weighted by Crippen LogP contribution is 2.26. The number of hydrogen-bond acceptors (Lipinski definition) is 3. The minimum absolute atomic E-state index is 0.398. The van der Waals surface area contributed by atoms with Crippen LogP contribution in [-0.2, 0) is 0 Å². The van der Waals surface area contributed by atoms with E-state index in [1.54, 1.807) is 0 Å². The normalized spacial score (nSPS) is 9.83. The van der Waals surface area contributed by atoms with Crippen LogP contribution < -0.4 is 0 Å². The summed E-state index contributed by atoms with van der Waals surface area (Å²) in [7, 11) is 0. The lowest BCUT2D eigenvalue weighted by atomic mass is 10.3. The van der Waals surface area contributed by atoms with Gasteiger partial charge in [-0.15, -0.1) is 0 Å². The Morgan fingerprint density at radius 1 is 1.42 bits per heavy atom. The summed E-state index contributed by atoms with van der Waals surface area (Å²) in [5.74, 6) is -3.55. The highest BCUT2D eigenvalue weighted by atomic mass is 19.1. The zero-order chi connectivity index (χ0) is 9.30. The van der Waals surface area contributed by atoms with Crippen molar-refractivity contribution < 1.29 is 18.8 Å². The minimum Gasteiger partial charge on any atom is -0.505 e. The second-order valence-electron chi connectivity index (χ2n) is 2.02. The lowest BCUT2D eigenvalue weighted by Crippen LogP contribution is -1.93. The molecular weight excluding hydrogens is 172 g/mol. The highest BCUT2D eigenvalue weighted by molar-refractivity contribution is 5.40. The maximum Gasteiger partial charge on any atom is 0.311 e. The fourth-order valence-corrected chi connectivity index (χ4v) is 0.694. The first-order valence-corrected chi connectivity index (χ1v) is 2.85. The van der Waals surface area contributed by atoms with E-state index in [-0.39, 0.29) is 0 Å². The van der Waals surface area contributed by atoms with Gasteiger partial charge < -0.3 is 5.11 Å². The molecule has 0 saturated heterocycles. The second-order valence-corrected chi connectivity index (χ2v) is 2.02. The third-order valence-corrected chi connectivity index (χ3v) is 1.20. The third kappa shape index (κ3) is 1.31. The van der Waals surface area contributed by atoms with Crippen molar-refractivity contribution in [1.82, 2.24) is 0 Å². The molecule has 0 unspecified atom stereocenters. The van der Waals surface area contributed by atoms with Crippen LogP contribution in [0.25, 0.3) is 0 Å². The summed E-state index contributed by atoms with van der Waals surface area (Å²) in [6, 6.07) is 0.859. The van der Waals surface area contributed by atoms with Crippen LogP contribution in [0.5, 0.6) is 5.75 Å². The molecule has 0 aliphatic rings. The molecule has 64 valence electrons. The number of phenols is 1. The Bertz CT molecular complexity index is 340. The van der Waals surface area contributed by atoms with Crippen LogP contribution in [0.1, 0.15) is 0 Å². The van der Waals surface area contributed by atoms with E-state index >= 15 is 0 Å². The zero-order valence-electron chi connectivity index (χ0n) is 5.62. The van der Waals surface area contributed by atoms with Gasteiger partial charge in [-0.3, -0.25) is 10.1 Å². The zero-order valence-corrected chi connectivity index (χ0v) is 5.62. The van der Waals surface area contributed by atoms with Crippen LogP contribution in [0.2, 0.25) is 0 Å². The Balaban J connectivity index is 3.37. The second kappa shape index (κ2) is 2.72. The molecule has 0 saturated carbocycles. The monoisotopic (exact) mass is 175 g/mol. The number of benzene rings is 1. The predicted molar refractivity (Wildman–Crippen MR) is 34.7 cm³/mol.